The highest BCUT2D eigenvalue weighted by atomic mass is 19.1. The molecule has 5 nitrogen and oxygen atoms in total. The van der Waals surface area contributed by atoms with Gasteiger partial charge in [-0.2, -0.15) is 0 Å². The second-order valence-corrected chi connectivity index (χ2v) is 8.27. The Hall–Kier alpha value is -3.09. The van der Waals surface area contributed by atoms with Crippen molar-refractivity contribution in [1.82, 2.24) is 4.90 Å². The van der Waals surface area contributed by atoms with Crippen molar-refractivity contribution in [3.05, 3.63) is 78.1 Å². The Labute approximate surface area is 182 Å². The minimum absolute atomic E-state index is 0.286. The van der Waals surface area contributed by atoms with Crippen LogP contribution in [0.4, 0.5) is 21.5 Å². The number of benzene rings is 3. The van der Waals surface area contributed by atoms with Crippen molar-refractivity contribution in [2.75, 3.05) is 43.1 Å². The zero-order valence-corrected chi connectivity index (χ0v) is 17.9. The van der Waals surface area contributed by atoms with Crippen LogP contribution in [0.2, 0.25) is 0 Å². The van der Waals surface area contributed by atoms with Gasteiger partial charge in [-0.1, -0.05) is 42.5 Å². The molecule has 3 aromatic carbocycles. The van der Waals surface area contributed by atoms with Crippen molar-refractivity contribution in [1.29, 1.82) is 0 Å². The van der Waals surface area contributed by atoms with E-state index >= 15 is 0 Å². The topological polar surface area (TPSA) is 64.8 Å². The van der Waals surface area contributed by atoms with E-state index in [0.717, 1.165) is 30.6 Å². The van der Waals surface area contributed by atoms with Gasteiger partial charge in [0, 0.05) is 41.6 Å². The normalized spacial score (nSPS) is 17.2. The number of anilines is 3. The minimum Gasteiger partial charge on any atom is -0.398 e. The number of nitrogen functional groups attached to an aromatic ring is 1. The number of nitrogens with zero attached hydrogens (tertiary/aromatic N) is 2. The molecule has 0 saturated carbocycles. The van der Waals surface area contributed by atoms with Gasteiger partial charge in [0.25, 0.3) is 0 Å². The molecule has 6 heteroatoms. The van der Waals surface area contributed by atoms with Crippen LogP contribution >= 0.6 is 0 Å². The van der Waals surface area contributed by atoms with Gasteiger partial charge in [-0.25, -0.2) is 4.39 Å². The summed E-state index contributed by atoms with van der Waals surface area (Å²) in [6, 6.07) is 20.7. The highest BCUT2D eigenvalue weighted by Crippen LogP contribution is 2.30. The number of hydrogen-bond acceptors (Lipinski definition) is 5. The monoisotopic (exact) mass is 420 g/mol. The molecule has 1 fully saturated rings. The number of aliphatic hydroxyl groups is 1. The first-order valence-corrected chi connectivity index (χ1v) is 10.5. The molecule has 0 amide bonds. The lowest BCUT2D eigenvalue weighted by Crippen LogP contribution is -2.31. The molecule has 1 aliphatic rings. The number of rotatable bonds is 6. The van der Waals surface area contributed by atoms with E-state index in [9.17, 15) is 9.50 Å². The molecule has 0 aromatic heterocycles. The van der Waals surface area contributed by atoms with E-state index in [2.05, 4.69) is 29.2 Å². The molecule has 31 heavy (non-hydrogen) atoms. The third-order valence-corrected chi connectivity index (χ3v) is 5.98. The average Bonchev–Trinajstić information content (AvgIpc) is 3.25. The predicted molar refractivity (Wildman–Crippen MR) is 126 cm³/mol. The molecule has 0 spiro atoms. The zero-order chi connectivity index (χ0) is 22.0. The molecule has 4 N–H and O–H groups in total. The lowest BCUT2D eigenvalue weighted by atomic mass is 10.0. The second kappa shape index (κ2) is 8.96. The van der Waals surface area contributed by atoms with Crippen molar-refractivity contribution >= 4 is 17.1 Å². The van der Waals surface area contributed by atoms with Crippen LogP contribution in [0.3, 0.4) is 0 Å². The maximum atomic E-state index is 14.8. The summed E-state index contributed by atoms with van der Waals surface area (Å²) in [5.74, 6) is -0.286. The van der Waals surface area contributed by atoms with Gasteiger partial charge in [-0.3, -0.25) is 0 Å². The average molecular weight is 421 g/mol. The molecule has 3 aromatic rings. The molecule has 2 unspecified atom stereocenters. The highest BCUT2D eigenvalue weighted by molar-refractivity contribution is 5.76. The molecule has 1 heterocycles. The van der Waals surface area contributed by atoms with Gasteiger partial charge in [0.1, 0.15) is 5.82 Å². The Kier molecular flexibility index (Phi) is 6.11. The number of halogens is 1. The summed E-state index contributed by atoms with van der Waals surface area (Å²) < 4.78 is 14.8. The summed E-state index contributed by atoms with van der Waals surface area (Å²) in [5, 5.41) is 13.6. The maximum Gasteiger partial charge on any atom is 0.150 e. The lowest BCUT2D eigenvalue weighted by Gasteiger charge is -2.23. The number of nitrogens with one attached hydrogen (secondary N) is 1. The van der Waals surface area contributed by atoms with E-state index < -0.39 is 6.23 Å². The quantitative estimate of drug-likeness (QED) is 0.410. The summed E-state index contributed by atoms with van der Waals surface area (Å²) in [4.78, 5) is 4.26. The van der Waals surface area contributed by atoms with E-state index in [1.54, 1.807) is 6.07 Å². The first-order chi connectivity index (χ1) is 14.9. The molecular weight excluding hydrogens is 391 g/mol. The molecule has 2 atom stereocenters. The molecule has 0 bridgehead atoms. The SMILES string of the molecule is CN(C)C1CCN(c2ccc(NC(O)c3ccc(-c4ccccc4N)cc3)cc2F)C1. The Morgan fingerprint density at radius 1 is 1.10 bits per heavy atom. The van der Waals surface area contributed by atoms with E-state index in [1.807, 2.05) is 54.6 Å². The summed E-state index contributed by atoms with van der Waals surface area (Å²) in [7, 11) is 4.11. The Morgan fingerprint density at radius 2 is 1.84 bits per heavy atom. The summed E-state index contributed by atoms with van der Waals surface area (Å²) >= 11 is 0. The Balaban J connectivity index is 1.43. The first-order valence-electron chi connectivity index (χ1n) is 10.5. The molecule has 0 aliphatic carbocycles. The van der Waals surface area contributed by atoms with E-state index in [0.29, 0.717) is 28.7 Å². The molecule has 1 saturated heterocycles. The van der Waals surface area contributed by atoms with Crippen LogP contribution in [0.5, 0.6) is 0 Å². The molecule has 0 radical (unpaired) electrons. The highest BCUT2D eigenvalue weighted by Gasteiger charge is 2.25. The molecule has 1 aliphatic heterocycles. The lowest BCUT2D eigenvalue weighted by molar-refractivity contribution is 0.208. The molecule has 4 rings (SSSR count). The van der Waals surface area contributed by atoms with Gasteiger partial charge in [-0.15, -0.1) is 0 Å². The third kappa shape index (κ3) is 4.65. The van der Waals surface area contributed by atoms with Crippen LogP contribution in [0.15, 0.2) is 66.7 Å². The fourth-order valence-electron chi connectivity index (χ4n) is 4.08. The summed E-state index contributed by atoms with van der Waals surface area (Å²) in [6.45, 7) is 1.66. The van der Waals surface area contributed by atoms with Gasteiger partial charge in [0.2, 0.25) is 0 Å². The van der Waals surface area contributed by atoms with Crippen molar-refractivity contribution in [2.24, 2.45) is 0 Å². The van der Waals surface area contributed by atoms with Crippen LogP contribution in [0.25, 0.3) is 11.1 Å². The Bertz CT molecular complexity index is 1040. The van der Waals surface area contributed by atoms with Crippen molar-refractivity contribution in [2.45, 2.75) is 18.7 Å². The maximum absolute atomic E-state index is 14.8. The minimum atomic E-state index is -0.947. The van der Waals surface area contributed by atoms with Crippen molar-refractivity contribution < 1.29 is 9.50 Å². The van der Waals surface area contributed by atoms with Crippen LogP contribution in [-0.2, 0) is 0 Å². The van der Waals surface area contributed by atoms with Gasteiger partial charge >= 0.3 is 0 Å². The number of likely N-dealkylation sites (N-methyl/N-ethyl adjacent to an activating group) is 1. The smallest absolute Gasteiger partial charge is 0.150 e. The van der Waals surface area contributed by atoms with E-state index in [1.165, 1.54) is 6.07 Å². The zero-order valence-electron chi connectivity index (χ0n) is 17.9. The van der Waals surface area contributed by atoms with Crippen LogP contribution in [0.1, 0.15) is 18.2 Å². The van der Waals surface area contributed by atoms with Crippen LogP contribution < -0.4 is 16.0 Å². The van der Waals surface area contributed by atoms with E-state index in [-0.39, 0.29) is 5.82 Å². The van der Waals surface area contributed by atoms with Crippen molar-refractivity contribution in [3.63, 3.8) is 0 Å². The molecule has 162 valence electrons. The van der Waals surface area contributed by atoms with Crippen molar-refractivity contribution in [3.8, 4) is 11.1 Å². The van der Waals surface area contributed by atoms with E-state index in [4.69, 9.17) is 5.73 Å². The molecular formula is C25H29FN4O. The predicted octanol–water partition coefficient (Wildman–Crippen LogP) is 4.32. The second-order valence-electron chi connectivity index (χ2n) is 8.27. The first kappa shape index (κ1) is 21.2. The van der Waals surface area contributed by atoms with Gasteiger partial charge in [0.15, 0.2) is 6.23 Å². The summed E-state index contributed by atoms with van der Waals surface area (Å²) in [6.07, 6.45) is 0.0767. The Morgan fingerprint density at radius 3 is 2.48 bits per heavy atom. The number of nitrogens with two attached hydrogens (primary N) is 1. The largest absolute Gasteiger partial charge is 0.398 e. The standard InChI is InChI=1S/C25H29FN4O/c1-29(2)20-13-14-30(16-20)24-12-11-19(15-22(24)26)28-25(31)18-9-7-17(8-10-18)21-5-3-4-6-23(21)27/h3-12,15,20,25,28,31H,13-14,16,27H2,1-2H3. The van der Waals surface area contributed by atoms with Crippen LogP contribution in [-0.4, -0.2) is 43.2 Å². The van der Waals surface area contributed by atoms with Gasteiger partial charge in [0.05, 0.1) is 5.69 Å². The fraction of sp³-hybridized carbons (Fsp3) is 0.280. The number of aliphatic hydroxyl groups excluding tert-OH is 1. The van der Waals surface area contributed by atoms with Crippen LogP contribution in [0, 0.1) is 5.82 Å². The third-order valence-electron chi connectivity index (χ3n) is 5.98. The number of para-hydroxylation sites is 1. The number of hydrogen-bond donors (Lipinski definition) is 3. The van der Waals surface area contributed by atoms with Gasteiger partial charge < -0.3 is 26.0 Å². The van der Waals surface area contributed by atoms with Gasteiger partial charge in [-0.05, 0) is 50.3 Å². The summed E-state index contributed by atoms with van der Waals surface area (Å²) in [5.41, 5.74) is 10.5. The fourth-order valence-corrected chi connectivity index (χ4v) is 4.08.